The molecule has 0 bridgehead atoms. The van der Waals surface area contributed by atoms with Gasteiger partial charge in [-0.05, 0) is 75.6 Å². The lowest BCUT2D eigenvalue weighted by molar-refractivity contribution is 1.18. The molecule has 0 radical (unpaired) electrons. The van der Waals surface area contributed by atoms with Gasteiger partial charge in [0.25, 0.3) is 0 Å². The van der Waals surface area contributed by atoms with Gasteiger partial charge in [0, 0.05) is 32.8 Å². The first-order valence-electron chi connectivity index (χ1n) is 15.9. The molecule has 0 N–H and O–H groups in total. The molecule has 2 nitrogen and oxygen atoms in total. The van der Waals surface area contributed by atoms with Crippen LogP contribution in [0.15, 0.2) is 170 Å². The topological polar surface area (TPSA) is 9.86 Å². The van der Waals surface area contributed by atoms with Crippen molar-refractivity contribution in [3.8, 4) is 22.5 Å². The first kappa shape index (κ1) is 25.2. The summed E-state index contributed by atoms with van der Waals surface area (Å²) in [5.74, 6) is 0. The Morgan fingerprint density at radius 2 is 0.870 bits per heavy atom. The zero-order chi connectivity index (χ0) is 30.2. The van der Waals surface area contributed by atoms with E-state index in [9.17, 15) is 0 Å². The van der Waals surface area contributed by atoms with E-state index in [2.05, 4.69) is 179 Å². The number of para-hydroxylation sites is 3. The monoisotopic (exact) mass is 584 g/mol. The van der Waals surface area contributed by atoms with Crippen molar-refractivity contribution in [3.05, 3.63) is 170 Å². The van der Waals surface area contributed by atoms with E-state index in [4.69, 9.17) is 0 Å². The van der Waals surface area contributed by atoms with Gasteiger partial charge >= 0.3 is 0 Å². The van der Waals surface area contributed by atoms with Crippen LogP contribution in [0.5, 0.6) is 0 Å². The minimum absolute atomic E-state index is 1.17. The molecular weight excluding hydrogens is 556 g/mol. The Morgan fingerprint density at radius 1 is 0.326 bits per heavy atom. The Bertz CT molecular complexity index is 2700. The van der Waals surface area contributed by atoms with E-state index in [1.54, 1.807) is 0 Å². The highest BCUT2D eigenvalue weighted by atomic mass is 15.0. The maximum atomic E-state index is 2.48. The van der Waals surface area contributed by atoms with Crippen molar-refractivity contribution >= 4 is 65.2 Å². The summed E-state index contributed by atoms with van der Waals surface area (Å²) in [6, 6.07) is 61.9. The number of hydrogen-bond acceptors (Lipinski definition) is 0. The van der Waals surface area contributed by atoms with Crippen molar-refractivity contribution < 1.29 is 0 Å². The largest absolute Gasteiger partial charge is 0.309 e. The zero-order valence-corrected chi connectivity index (χ0v) is 25.1. The predicted molar refractivity (Wildman–Crippen MR) is 196 cm³/mol. The van der Waals surface area contributed by atoms with Crippen LogP contribution < -0.4 is 0 Å². The highest BCUT2D eigenvalue weighted by Crippen LogP contribution is 2.43. The molecule has 0 saturated heterocycles. The second-order valence-corrected chi connectivity index (χ2v) is 12.1. The van der Waals surface area contributed by atoms with Crippen LogP contribution in [0.3, 0.4) is 0 Å². The normalized spacial score (nSPS) is 11.9. The van der Waals surface area contributed by atoms with Crippen LogP contribution in [-0.4, -0.2) is 9.13 Å². The summed E-state index contributed by atoms with van der Waals surface area (Å²) in [4.78, 5) is 0. The Balaban J connectivity index is 1.29. The fourth-order valence-electron chi connectivity index (χ4n) is 7.72. The molecular formula is C44H28N2. The van der Waals surface area contributed by atoms with Gasteiger partial charge in [-0.25, -0.2) is 0 Å². The molecule has 0 atom stereocenters. The lowest BCUT2D eigenvalue weighted by Crippen LogP contribution is -1.97. The first-order chi connectivity index (χ1) is 22.8. The van der Waals surface area contributed by atoms with Crippen LogP contribution in [-0.2, 0) is 0 Å². The van der Waals surface area contributed by atoms with Crippen LogP contribution >= 0.6 is 0 Å². The van der Waals surface area contributed by atoms with Crippen molar-refractivity contribution in [3.63, 3.8) is 0 Å². The first-order valence-corrected chi connectivity index (χ1v) is 15.9. The maximum Gasteiger partial charge on any atom is 0.0548 e. The highest BCUT2D eigenvalue weighted by molar-refractivity contribution is 6.28. The minimum atomic E-state index is 1.17. The molecule has 0 aliphatic rings. The maximum absolute atomic E-state index is 2.48. The lowest BCUT2D eigenvalue weighted by atomic mass is 10.00. The molecule has 0 saturated carbocycles. The molecule has 0 amide bonds. The fraction of sp³-hybridized carbons (Fsp3) is 0. The van der Waals surface area contributed by atoms with Gasteiger partial charge in [0.2, 0.25) is 0 Å². The van der Waals surface area contributed by atoms with Gasteiger partial charge in [-0.1, -0.05) is 121 Å². The molecule has 2 heterocycles. The number of aromatic nitrogens is 2. The summed E-state index contributed by atoms with van der Waals surface area (Å²) < 4.78 is 4.86. The number of benzene rings is 8. The fourth-order valence-corrected chi connectivity index (χ4v) is 7.72. The van der Waals surface area contributed by atoms with Gasteiger partial charge in [-0.2, -0.15) is 0 Å². The molecule has 2 heteroatoms. The third-order valence-corrected chi connectivity index (χ3v) is 9.69. The quantitative estimate of drug-likeness (QED) is 0.195. The molecule has 46 heavy (non-hydrogen) atoms. The standard InChI is InChI=1S/C44H28N2/c1-2-14-32(15-3-1)45-39-21-11-9-19-36(39)37-28-31(24-25-40(37)45)33-16-8-10-20-38(33)46-41-26-22-29-12-4-6-17-34(29)43(41)44-35-18-7-5-13-30(35)23-27-42(44)46/h1-28H. The molecule has 0 unspecified atom stereocenters. The van der Waals surface area contributed by atoms with E-state index in [1.165, 1.54) is 87.7 Å². The average molecular weight is 585 g/mol. The molecule has 8 aromatic carbocycles. The highest BCUT2D eigenvalue weighted by Gasteiger charge is 2.20. The van der Waals surface area contributed by atoms with Crippen LogP contribution in [0.25, 0.3) is 87.7 Å². The van der Waals surface area contributed by atoms with Crippen molar-refractivity contribution in [2.45, 2.75) is 0 Å². The Hall–Kier alpha value is -6.12. The minimum Gasteiger partial charge on any atom is -0.309 e. The van der Waals surface area contributed by atoms with Gasteiger partial charge in [0.1, 0.15) is 0 Å². The third kappa shape index (κ3) is 3.53. The van der Waals surface area contributed by atoms with Crippen molar-refractivity contribution in [1.29, 1.82) is 0 Å². The number of fused-ring (bicyclic) bond motifs is 10. The van der Waals surface area contributed by atoms with E-state index < -0.39 is 0 Å². The Kier molecular flexibility index (Phi) is 5.31. The summed E-state index contributed by atoms with van der Waals surface area (Å²) >= 11 is 0. The number of hydrogen-bond donors (Lipinski definition) is 0. The molecule has 0 spiro atoms. The SMILES string of the molecule is c1ccc(-n2c3ccccc3c3cc(-c4ccccc4-n4c5ccc6ccccc6c5c5c6ccccc6ccc54)ccc32)cc1. The van der Waals surface area contributed by atoms with Crippen LogP contribution in [0, 0.1) is 0 Å². The summed E-state index contributed by atoms with van der Waals surface area (Å²) in [6.07, 6.45) is 0. The van der Waals surface area contributed by atoms with Crippen LogP contribution in [0.4, 0.5) is 0 Å². The predicted octanol–water partition coefficient (Wildman–Crippen LogP) is 11.9. The molecule has 10 rings (SSSR count). The van der Waals surface area contributed by atoms with E-state index in [0.29, 0.717) is 0 Å². The lowest BCUT2D eigenvalue weighted by Gasteiger charge is -2.15. The molecule has 10 aromatic rings. The Labute approximate surface area is 266 Å². The smallest absolute Gasteiger partial charge is 0.0548 e. The second-order valence-electron chi connectivity index (χ2n) is 12.1. The zero-order valence-electron chi connectivity index (χ0n) is 25.1. The van der Waals surface area contributed by atoms with Crippen molar-refractivity contribution in [2.24, 2.45) is 0 Å². The van der Waals surface area contributed by atoms with Gasteiger partial charge in [-0.15, -0.1) is 0 Å². The van der Waals surface area contributed by atoms with E-state index in [-0.39, 0.29) is 0 Å². The summed E-state index contributed by atoms with van der Waals surface area (Å²) in [5, 5.41) is 10.2. The summed E-state index contributed by atoms with van der Waals surface area (Å²) in [7, 11) is 0. The number of nitrogens with zero attached hydrogens (tertiary/aromatic N) is 2. The third-order valence-electron chi connectivity index (χ3n) is 9.69. The van der Waals surface area contributed by atoms with E-state index in [1.807, 2.05) is 0 Å². The van der Waals surface area contributed by atoms with Crippen LogP contribution in [0.1, 0.15) is 0 Å². The van der Waals surface area contributed by atoms with E-state index >= 15 is 0 Å². The average Bonchev–Trinajstić information content (AvgIpc) is 3.65. The molecule has 0 aliphatic carbocycles. The summed E-state index contributed by atoms with van der Waals surface area (Å²) in [5.41, 5.74) is 9.64. The molecule has 0 fully saturated rings. The van der Waals surface area contributed by atoms with Gasteiger partial charge in [0.05, 0.1) is 27.8 Å². The molecule has 0 aliphatic heterocycles. The number of rotatable bonds is 3. The summed E-state index contributed by atoms with van der Waals surface area (Å²) in [6.45, 7) is 0. The van der Waals surface area contributed by atoms with Crippen LogP contribution in [0.2, 0.25) is 0 Å². The molecule has 214 valence electrons. The van der Waals surface area contributed by atoms with Crippen molar-refractivity contribution in [2.75, 3.05) is 0 Å². The van der Waals surface area contributed by atoms with Gasteiger partial charge in [0.15, 0.2) is 0 Å². The molecule has 2 aromatic heterocycles. The van der Waals surface area contributed by atoms with Gasteiger partial charge in [-0.3, -0.25) is 0 Å². The Morgan fingerprint density at radius 3 is 1.59 bits per heavy atom. The van der Waals surface area contributed by atoms with E-state index in [0.717, 1.165) is 0 Å². The van der Waals surface area contributed by atoms with Crippen molar-refractivity contribution in [1.82, 2.24) is 9.13 Å². The second kappa shape index (κ2) is 9.69. The van der Waals surface area contributed by atoms with Gasteiger partial charge < -0.3 is 9.13 Å².